The normalized spacial score (nSPS) is 11.6. The summed E-state index contributed by atoms with van der Waals surface area (Å²) >= 11 is 0. The van der Waals surface area contributed by atoms with E-state index in [2.05, 4.69) is 351 Å². The van der Waals surface area contributed by atoms with E-state index in [4.69, 9.17) is 0 Å². The highest BCUT2D eigenvalue weighted by Gasteiger charge is 2.29. The lowest BCUT2D eigenvalue weighted by Gasteiger charge is -2.40. The summed E-state index contributed by atoms with van der Waals surface area (Å²) in [5.41, 5.74) is 24.8. The number of rotatable bonds is 12. The number of benzene rings is 13. The number of hydrazine groups is 2. The van der Waals surface area contributed by atoms with E-state index in [0.29, 0.717) is 0 Å². The van der Waals surface area contributed by atoms with Gasteiger partial charge >= 0.3 is 0 Å². The van der Waals surface area contributed by atoms with Gasteiger partial charge in [0, 0.05) is 54.9 Å². The first kappa shape index (κ1) is 48.6. The van der Waals surface area contributed by atoms with E-state index in [0.717, 1.165) is 122 Å². The van der Waals surface area contributed by atoms with E-state index in [1.165, 1.54) is 16.2 Å². The summed E-state index contributed by atoms with van der Waals surface area (Å²) in [6, 6.07) is 117. The fourth-order valence-electron chi connectivity index (χ4n) is 12.9. The maximum atomic E-state index is 4.19. The predicted molar refractivity (Wildman–Crippen MR) is 353 cm³/mol. The Balaban J connectivity index is 1.02. The van der Waals surface area contributed by atoms with Crippen molar-refractivity contribution in [3.8, 4) is 50.4 Å². The van der Waals surface area contributed by atoms with Crippen molar-refractivity contribution in [2.24, 2.45) is 0 Å². The van der Waals surface area contributed by atoms with Gasteiger partial charge in [-0.25, -0.2) is 5.01 Å². The standard InChI is InChI=1S/C78H54N6/c1-7-25-54(26-8-1)63-46-50-76(78(56-29-11-3-12-30-56)77(63)55-27-9-2-10-28-55)83(61-44-48-74-68(52-61)65-38-20-23-41-71(65)81(74)59-33-15-5-16-34-59)84(62-45-49-75-69(53-62)66-39-21-24-42-72(66)82(75)60-35-17-6-18-36-60)79-57-43-47-73-67(51-57)64-37-19-22-40-70(64)80(73)58-31-13-4-14-32-58/h1-53,79H. The third-order valence-corrected chi connectivity index (χ3v) is 16.6. The van der Waals surface area contributed by atoms with Gasteiger partial charge < -0.3 is 13.7 Å². The third kappa shape index (κ3) is 8.11. The third-order valence-electron chi connectivity index (χ3n) is 16.6. The quantitative estimate of drug-likeness (QED) is 0.124. The van der Waals surface area contributed by atoms with Crippen LogP contribution < -0.4 is 15.6 Å². The molecule has 0 bridgehead atoms. The minimum atomic E-state index is 0.919. The summed E-state index contributed by atoms with van der Waals surface area (Å²) < 4.78 is 7.16. The van der Waals surface area contributed by atoms with Gasteiger partial charge in [0.25, 0.3) is 0 Å². The molecule has 3 heterocycles. The van der Waals surface area contributed by atoms with Crippen LogP contribution in [0.4, 0.5) is 22.7 Å². The second-order valence-electron chi connectivity index (χ2n) is 21.4. The van der Waals surface area contributed by atoms with Gasteiger partial charge in [-0.05, 0) is 143 Å². The van der Waals surface area contributed by atoms with Gasteiger partial charge in [-0.2, -0.15) is 5.12 Å². The predicted octanol–water partition coefficient (Wildman–Crippen LogP) is 20.6. The van der Waals surface area contributed by atoms with Crippen LogP contribution in [0.25, 0.3) is 116 Å². The molecule has 0 aliphatic heterocycles. The Kier molecular flexibility index (Phi) is 11.8. The zero-order valence-electron chi connectivity index (χ0n) is 45.8. The fraction of sp³-hybridized carbons (Fsp3) is 0. The minimum absolute atomic E-state index is 0.919. The van der Waals surface area contributed by atoms with E-state index in [1.54, 1.807) is 0 Å². The number of nitrogens with one attached hydrogen (secondary N) is 1. The van der Waals surface area contributed by atoms with Gasteiger partial charge in [-0.15, -0.1) is 0 Å². The van der Waals surface area contributed by atoms with Crippen LogP contribution in [0.2, 0.25) is 0 Å². The van der Waals surface area contributed by atoms with E-state index in [9.17, 15) is 0 Å². The van der Waals surface area contributed by atoms with E-state index < -0.39 is 0 Å². The number of fused-ring (bicyclic) bond motifs is 9. The van der Waals surface area contributed by atoms with Crippen LogP contribution in [0.1, 0.15) is 0 Å². The molecule has 0 unspecified atom stereocenters. The van der Waals surface area contributed by atoms with Crippen molar-refractivity contribution in [2.45, 2.75) is 0 Å². The molecule has 1 N–H and O–H groups in total. The second-order valence-corrected chi connectivity index (χ2v) is 21.4. The number of hydrogen-bond donors (Lipinski definition) is 1. The largest absolute Gasteiger partial charge is 0.309 e. The lowest BCUT2D eigenvalue weighted by atomic mass is 9.86. The Hall–Kier alpha value is -11.3. The van der Waals surface area contributed by atoms with Gasteiger partial charge in [0.1, 0.15) is 0 Å². The molecule has 0 fully saturated rings. The van der Waals surface area contributed by atoms with Crippen LogP contribution in [-0.2, 0) is 0 Å². The summed E-state index contributed by atoms with van der Waals surface area (Å²) in [5, 5.41) is 11.6. The SMILES string of the molecule is c1ccc(-c2ccc(N(c3ccc4c(c3)c3ccccc3n4-c3ccccc3)N(Nc3ccc4c(c3)c3ccccc3n4-c3ccccc3)c3ccc4c(c3)c3ccccc3n4-c3ccccc3)c(-c3ccccc3)c2-c2ccccc2)cc1. The first-order chi connectivity index (χ1) is 41.7. The summed E-state index contributed by atoms with van der Waals surface area (Å²) in [6.45, 7) is 0. The van der Waals surface area contributed by atoms with Crippen LogP contribution in [0, 0.1) is 0 Å². The molecule has 0 saturated heterocycles. The molecular formula is C78H54N6. The van der Waals surface area contributed by atoms with Crippen LogP contribution in [-0.4, -0.2) is 13.7 Å². The zero-order chi connectivity index (χ0) is 55.5. The molecule has 396 valence electrons. The Morgan fingerprint density at radius 3 is 1.08 bits per heavy atom. The van der Waals surface area contributed by atoms with Crippen molar-refractivity contribution in [3.63, 3.8) is 0 Å². The Morgan fingerprint density at radius 2 is 0.607 bits per heavy atom. The van der Waals surface area contributed by atoms with Crippen LogP contribution in [0.15, 0.2) is 322 Å². The Bertz CT molecular complexity index is 5090. The molecule has 0 amide bonds. The van der Waals surface area contributed by atoms with Crippen LogP contribution in [0.3, 0.4) is 0 Å². The van der Waals surface area contributed by atoms with Gasteiger partial charge in [-0.3, -0.25) is 5.43 Å². The molecule has 0 radical (unpaired) electrons. The highest BCUT2D eigenvalue weighted by Crippen LogP contribution is 2.50. The number of aromatic nitrogens is 3. The monoisotopic (exact) mass is 1070 g/mol. The van der Waals surface area contributed by atoms with Crippen molar-refractivity contribution < 1.29 is 0 Å². The molecule has 16 aromatic rings. The summed E-state index contributed by atoms with van der Waals surface area (Å²) in [5.74, 6) is 0. The topological polar surface area (TPSA) is 33.3 Å². The Labute approximate surface area is 486 Å². The van der Waals surface area contributed by atoms with Gasteiger partial charge in [0.15, 0.2) is 0 Å². The highest BCUT2D eigenvalue weighted by molar-refractivity contribution is 6.14. The average molecular weight is 1080 g/mol. The molecule has 13 aromatic carbocycles. The molecule has 0 aliphatic rings. The maximum Gasteiger partial charge on any atom is 0.0825 e. The number of para-hydroxylation sites is 6. The van der Waals surface area contributed by atoms with Gasteiger partial charge in [-0.1, -0.05) is 206 Å². The molecule has 0 saturated carbocycles. The molecule has 6 heteroatoms. The second kappa shape index (κ2) is 20.3. The number of nitrogens with zero attached hydrogens (tertiary/aromatic N) is 5. The smallest absolute Gasteiger partial charge is 0.0825 e. The first-order valence-electron chi connectivity index (χ1n) is 28.7. The Morgan fingerprint density at radius 1 is 0.250 bits per heavy atom. The number of hydrogen-bond acceptors (Lipinski definition) is 3. The highest BCUT2D eigenvalue weighted by atomic mass is 15.8. The average Bonchev–Trinajstić information content (AvgIpc) is 4.39. The van der Waals surface area contributed by atoms with Crippen molar-refractivity contribution in [3.05, 3.63) is 322 Å². The lowest BCUT2D eigenvalue weighted by Crippen LogP contribution is -2.44. The maximum absolute atomic E-state index is 4.19. The zero-order valence-corrected chi connectivity index (χ0v) is 45.8. The van der Waals surface area contributed by atoms with Crippen molar-refractivity contribution >= 4 is 88.2 Å². The van der Waals surface area contributed by atoms with E-state index in [-0.39, 0.29) is 0 Å². The molecular weight excluding hydrogens is 1020 g/mol. The molecule has 3 aromatic heterocycles. The summed E-state index contributed by atoms with van der Waals surface area (Å²) in [4.78, 5) is 0. The van der Waals surface area contributed by atoms with Crippen molar-refractivity contribution in [1.29, 1.82) is 0 Å². The van der Waals surface area contributed by atoms with Crippen LogP contribution >= 0.6 is 0 Å². The van der Waals surface area contributed by atoms with Crippen LogP contribution in [0.5, 0.6) is 0 Å². The molecule has 0 atom stereocenters. The van der Waals surface area contributed by atoms with Crippen molar-refractivity contribution in [2.75, 3.05) is 15.6 Å². The molecule has 0 spiro atoms. The first-order valence-corrected chi connectivity index (χ1v) is 28.7. The van der Waals surface area contributed by atoms with E-state index >= 15 is 0 Å². The minimum Gasteiger partial charge on any atom is -0.309 e. The van der Waals surface area contributed by atoms with E-state index in [1.807, 2.05) is 0 Å². The number of anilines is 4. The lowest BCUT2D eigenvalue weighted by molar-refractivity contribution is 0.923. The molecule has 6 nitrogen and oxygen atoms in total. The fourth-order valence-corrected chi connectivity index (χ4v) is 12.9. The molecule has 0 aliphatic carbocycles. The van der Waals surface area contributed by atoms with Gasteiger partial charge in [0.05, 0.1) is 55.8 Å². The van der Waals surface area contributed by atoms with Crippen molar-refractivity contribution in [1.82, 2.24) is 13.7 Å². The van der Waals surface area contributed by atoms with Gasteiger partial charge in [0.2, 0.25) is 0 Å². The summed E-state index contributed by atoms with van der Waals surface area (Å²) in [6.07, 6.45) is 0. The molecule has 16 rings (SSSR count). The summed E-state index contributed by atoms with van der Waals surface area (Å²) in [7, 11) is 0. The molecule has 84 heavy (non-hydrogen) atoms.